The van der Waals surface area contributed by atoms with Gasteiger partial charge in [0.25, 0.3) is 5.69 Å². The molecule has 1 amide bonds. The molecule has 18 heavy (non-hydrogen) atoms. The summed E-state index contributed by atoms with van der Waals surface area (Å²) in [5.41, 5.74) is 1.48. The van der Waals surface area contributed by atoms with Crippen LogP contribution in [0.15, 0.2) is 18.2 Å². The molecule has 0 aliphatic rings. The molecule has 6 heteroatoms. The lowest BCUT2D eigenvalue weighted by atomic mass is 10.2. The number of nitro groups is 1. The van der Waals surface area contributed by atoms with Crippen molar-refractivity contribution >= 4 is 17.3 Å². The summed E-state index contributed by atoms with van der Waals surface area (Å²) < 4.78 is 0. The second kappa shape index (κ2) is 6.58. The van der Waals surface area contributed by atoms with E-state index >= 15 is 0 Å². The summed E-state index contributed by atoms with van der Waals surface area (Å²) in [5, 5.41) is 16.4. The van der Waals surface area contributed by atoms with Gasteiger partial charge in [0, 0.05) is 36.8 Å². The lowest BCUT2D eigenvalue weighted by Gasteiger charge is -2.07. The Hall–Kier alpha value is -2.11. The van der Waals surface area contributed by atoms with Gasteiger partial charge in [-0.3, -0.25) is 14.9 Å². The highest BCUT2D eigenvalue weighted by molar-refractivity contribution is 5.76. The number of carbonyl (C=O) groups is 1. The molecule has 0 unspecified atom stereocenters. The molecule has 0 aliphatic carbocycles. The fraction of sp³-hybridized carbons (Fsp3) is 0.417. The van der Waals surface area contributed by atoms with Crippen LogP contribution in [-0.2, 0) is 4.79 Å². The summed E-state index contributed by atoms with van der Waals surface area (Å²) in [5.74, 6) is -0.0105. The second-order valence-corrected chi connectivity index (χ2v) is 3.89. The molecule has 0 spiro atoms. The van der Waals surface area contributed by atoms with E-state index in [4.69, 9.17) is 0 Å². The maximum absolute atomic E-state index is 11.2. The monoisotopic (exact) mass is 251 g/mol. The Morgan fingerprint density at radius 1 is 1.44 bits per heavy atom. The van der Waals surface area contributed by atoms with Crippen molar-refractivity contribution in [3.63, 3.8) is 0 Å². The molecule has 1 aromatic carbocycles. The van der Waals surface area contributed by atoms with Gasteiger partial charge in [-0.25, -0.2) is 0 Å². The van der Waals surface area contributed by atoms with Crippen LogP contribution < -0.4 is 10.6 Å². The number of hydrogen-bond donors (Lipinski definition) is 2. The molecule has 0 radical (unpaired) electrons. The number of benzene rings is 1. The van der Waals surface area contributed by atoms with Crippen molar-refractivity contribution in [2.24, 2.45) is 0 Å². The molecule has 0 fully saturated rings. The highest BCUT2D eigenvalue weighted by Gasteiger charge is 2.09. The standard InChI is InChI=1S/C12H17N3O3/c1-3-13-12(16)6-7-14-10-4-5-11(15(17)18)9(2)8-10/h4-5,8,14H,3,6-7H2,1-2H3,(H,13,16). The number of carbonyl (C=O) groups excluding carboxylic acids is 1. The molecule has 0 saturated carbocycles. The average molecular weight is 251 g/mol. The van der Waals surface area contributed by atoms with Gasteiger partial charge in [-0.05, 0) is 26.0 Å². The summed E-state index contributed by atoms with van der Waals surface area (Å²) >= 11 is 0. The highest BCUT2D eigenvalue weighted by atomic mass is 16.6. The van der Waals surface area contributed by atoms with Gasteiger partial charge in [0.05, 0.1) is 4.92 Å². The number of hydrogen-bond acceptors (Lipinski definition) is 4. The Morgan fingerprint density at radius 2 is 2.17 bits per heavy atom. The molecule has 0 aliphatic heterocycles. The second-order valence-electron chi connectivity index (χ2n) is 3.89. The van der Waals surface area contributed by atoms with E-state index in [0.29, 0.717) is 25.1 Å². The summed E-state index contributed by atoms with van der Waals surface area (Å²) in [6.45, 7) is 4.68. The van der Waals surface area contributed by atoms with Gasteiger partial charge >= 0.3 is 0 Å². The van der Waals surface area contributed by atoms with Crippen LogP contribution >= 0.6 is 0 Å². The zero-order valence-electron chi connectivity index (χ0n) is 10.5. The number of nitrogens with zero attached hydrogens (tertiary/aromatic N) is 1. The van der Waals surface area contributed by atoms with E-state index in [1.165, 1.54) is 6.07 Å². The lowest BCUT2D eigenvalue weighted by Crippen LogP contribution is -2.24. The average Bonchev–Trinajstić information content (AvgIpc) is 2.29. The molecule has 0 atom stereocenters. The maximum Gasteiger partial charge on any atom is 0.272 e. The van der Waals surface area contributed by atoms with Crippen molar-refractivity contribution < 1.29 is 9.72 Å². The lowest BCUT2D eigenvalue weighted by molar-refractivity contribution is -0.385. The predicted molar refractivity (Wildman–Crippen MR) is 69.6 cm³/mol. The van der Waals surface area contributed by atoms with Gasteiger partial charge < -0.3 is 10.6 Å². The topological polar surface area (TPSA) is 84.3 Å². The first-order valence-electron chi connectivity index (χ1n) is 5.80. The minimum atomic E-state index is -0.409. The van der Waals surface area contributed by atoms with E-state index in [0.717, 1.165) is 5.69 Å². The van der Waals surface area contributed by atoms with Crippen molar-refractivity contribution in [2.45, 2.75) is 20.3 Å². The Balaban J connectivity index is 2.51. The van der Waals surface area contributed by atoms with Gasteiger partial charge in [-0.1, -0.05) is 0 Å². The van der Waals surface area contributed by atoms with Gasteiger partial charge in [-0.2, -0.15) is 0 Å². The Kier molecular flexibility index (Phi) is 5.10. The highest BCUT2D eigenvalue weighted by Crippen LogP contribution is 2.21. The van der Waals surface area contributed by atoms with Crippen LogP contribution in [0, 0.1) is 17.0 Å². The third kappa shape index (κ3) is 4.04. The number of aryl methyl sites for hydroxylation is 1. The summed E-state index contributed by atoms with van der Waals surface area (Å²) in [4.78, 5) is 21.4. The van der Waals surface area contributed by atoms with Gasteiger partial charge in [0.1, 0.15) is 0 Å². The third-order valence-corrected chi connectivity index (χ3v) is 2.45. The van der Waals surface area contributed by atoms with Crippen molar-refractivity contribution in [1.29, 1.82) is 0 Å². The van der Waals surface area contributed by atoms with E-state index < -0.39 is 4.92 Å². The molecule has 2 N–H and O–H groups in total. The molecule has 1 aromatic rings. The largest absolute Gasteiger partial charge is 0.385 e. The molecule has 6 nitrogen and oxygen atoms in total. The molecule has 0 saturated heterocycles. The zero-order chi connectivity index (χ0) is 13.5. The van der Waals surface area contributed by atoms with Crippen LogP contribution in [0.25, 0.3) is 0 Å². The number of rotatable bonds is 6. The van der Waals surface area contributed by atoms with Crippen molar-refractivity contribution in [1.82, 2.24) is 5.32 Å². The molecule has 0 aromatic heterocycles. The van der Waals surface area contributed by atoms with E-state index in [-0.39, 0.29) is 11.6 Å². The Morgan fingerprint density at radius 3 is 2.72 bits per heavy atom. The minimum Gasteiger partial charge on any atom is -0.385 e. The molecule has 0 bridgehead atoms. The molecular formula is C12H17N3O3. The summed E-state index contributed by atoms with van der Waals surface area (Å²) in [7, 11) is 0. The molecule has 1 rings (SSSR count). The van der Waals surface area contributed by atoms with Crippen LogP contribution in [0.2, 0.25) is 0 Å². The molecule has 0 heterocycles. The van der Waals surface area contributed by atoms with Crippen LogP contribution in [0.5, 0.6) is 0 Å². The van der Waals surface area contributed by atoms with Crippen LogP contribution in [0.1, 0.15) is 18.9 Å². The predicted octanol–water partition coefficient (Wildman–Crippen LogP) is 1.84. The smallest absolute Gasteiger partial charge is 0.272 e. The SMILES string of the molecule is CCNC(=O)CCNc1ccc([N+](=O)[O-])c(C)c1. The first kappa shape index (κ1) is 14.0. The first-order chi connectivity index (χ1) is 8.54. The van der Waals surface area contributed by atoms with Gasteiger partial charge in [0.15, 0.2) is 0 Å². The number of nitrogens with one attached hydrogen (secondary N) is 2. The normalized spacial score (nSPS) is 9.89. The number of amides is 1. The minimum absolute atomic E-state index is 0.0105. The summed E-state index contributed by atoms with van der Waals surface area (Å²) in [6.07, 6.45) is 0.379. The summed E-state index contributed by atoms with van der Waals surface area (Å²) in [6, 6.07) is 4.81. The molecule has 98 valence electrons. The van der Waals surface area contributed by atoms with E-state index in [1.54, 1.807) is 19.1 Å². The van der Waals surface area contributed by atoms with Gasteiger partial charge in [-0.15, -0.1) is 0 Å². The van der Waals surface area contributed by atoms with E-state index in [2.05, 4.69) is 10.6 Å². The maximum atomic E-state index is 11.2. The first-order valence-corrected chi connectivity index (χ1v) is 5.80. The third-order valence-electron chi connectivity index (χ3n) is 2.45. The Labute approximate surface area is 106 Å². The van der Waals surface area contributed by atoms with Crippen molar-refractivity contribution in [2.75, 3.05) is 18.4 Å². The van der Waals surface area contributed by atoms with Crippen molar-refractivity contribution in [3.05, 3.63) is 33.9 Å². The Bertz CT molecular complexity index is 446. The van der Waals surface area contributed by atoms with E-state index in [1.807, 2.05) is 6.92 Å². The van der Waals surface area contributed by atoms with E-state index in [9.17, 15) is 14.9 Å². The number of anilines is 1. The number of nitro benzene ring substituents is 1. The molecular weight excluding hydrogens is 234 g/mol. The zero-order valence-corrected chi connectivity index (χ0v) is 10.5. The quantitative estimate of drug-likeness (QED) is 0.597. The fourth-order valence-electron chi connectivity index (χ4n) is 1.58. The van der Waals surface area contributed by atoms with Gasteiger partial charge in [0.2, 0.25) is 5.91 Å². The van der Waals surface area contributed by atoms with Crippen molar-refractivity contribution in [3.8, 4) is 0 Å². The van der Waals surface area contributed by atoms with Crippen LogP contribution in [-0.4, -0.2) is 23.9 Å². The van der Waals surface area contributed by atoms with Crippen LogP contribution in [0.4, 0.5) is 11.4 Å². The fourth-order valence-corrected chi connectivity index (χ4v) is 1.58. The van der Waals surface area contributed by atoms with Crippen LogP contribution in [0.3, 0.4) is 0 Å².